The predicted octanol–water partition coefficient (Wildman–Crippen LogP) is 4.66. The van der Waals surface area contributed by atoms with Crippen LogP contribution in [0.2, 0.25) is 0 Å². The van der Waals surface area contributed by atoms with Crippen LogP contribution >= 0.6 is 0 Å². The van der Waals surface area contributed by atoms with Gasteiger partial charge in [-0.05, 0) is 67.7 Å². The quantitative estimate of drug-likeness (QED) is 0.395. The smallest absolute Gasteiger partial charge is 0.416 e. The molecule has 1 aromatic rings. The summed E-state index contributed by atoms with van der Waals surface area (Å²) >= 11 is 0. The number of aliphatic carboxylic acids is 1. The number of sulfonamides is 1. The van der Waals surface area contributed by atoms with Crippen LogP contribution in [0.25, 0.3) is 0 Å². The lowest BCUT2D eigenvalue weighted by Crippen LogP contribution is -2.28. The number of aryl methyl sites for hydroxylation is 1. The van der Waals surface area contributed by atoms with Gasteiger partial charge in [0.2, 0.25) is 10.0 Å². The second-order valence-electron chi connectivity index (χ2n) is 8.20. The minimum Gasteiger partial charge on any atom is -0.481 e. The van der Waals surface area contributed by atoms with Crippen molar-refractivity contribution in [3.8, 4) is 0 Å². The number of halogens is 3. The van der Waals surface area contributed by atoms with Crippen LogP contribution in [0.4, 0.5) is 13.2 Å². The first kappa shape index (κ1) is 23.4. The molecule has 2 atom stereocenters. The average Bonchev–Trinajstić information content (AvgIpc) is 3.25. The van der Waals surface area contributed by atoms with Crippen molar-refractivity contribution in [2.75, 3.05) is 5.75 Å². The van der Waals surface area contributed by atoms with Gasteiger partial charge >= 0.3 is 12.1 Å². The van der Waals surface area contributed by atoms with Gasteiger partial charge in [-0.1, -0.05) is 24.3 Å². The first-order chi connectivity index (χ1) is 14.5. The van der Waals surface area contributed by atoms with E-state index in [2.05, 4.69) is 4.72 Å². The van der Waals surface area contributed by atoms with E-state index in [1.165, 1.54) is 12.1 Å². The molecule has 2 unspecified atom stereocenters. The summed E-state index contributed by atoms with van der Waals surface area (Å²) in [6.07, 6.45) is 3.64. The van der Waals surface area contributed by atoms with Crippen LogP contribution in [0.3, 0.4) is 0 Å². The number of hydrogen-bond acceptors (Lipinski definition) is 3. The number of rotatable bonds is 10. The van der Waals surface area contributed by atoms with Crippen molar-refractivity contribution in [3.63, 3.8) is 0 Å². The third kappa shape index (κ3) is 6.59. The predicted molar refractivity (Wildman–Crippen MR) is 111 cm³/mol. The molecule has 0 aliphatic heterocycles. The van der Waals surface area contributed by atoms with Gasteiger partial charge in [0.05, 0.1) is 11.3 Å². The lowest BCUT2D eigenvalue weighted by molar-refractivity contribution is -0.138. The number of fused-ring (bicyclic) bond motifs is 2. The second-order valence-corrected chi connectivity index (χ2v) is 10.0. The Morgan fingerprint density at radius 2 is 1.90 bits per heavy atom. The van der Waals surface area contributed by atoms with Crippen LogP contribution in [0.5, 0.6) is 0 Å². The molecule has 31 heavy (non-hydrogen) atoms. The number of carbonyl (C=O) groups is 1. The Morgan fingerprint density at radius 1 is 1.19 bits per heavy atom. The number of unbranched alkanes of at least 4 members (excludes halogenated alkanes) is 1. The van der Waals surface area contributed by atoms with E-state index < -0.39 is 27.7 Å². The zero-order chi connectivity index (χ0) is 22.6. The van der Waals surface area contributed by atoms with Gasteiger partial charge in [0, 0.05) is 18.0 Å². The van der Waals surface area contributed by atoms with Gasteiger partial charge in [-0.15, -0.1) is 0 Å². The maximum atomic E-state index is 12.6. The summed E-state index contributed by atoms with van der Waals surface area (Å²) in [5.74, 6) is -0.424. The summed E-state index contributed by atoms with van der Waals surface area (Å²) in [5, 5.41) is 8.67. The number of allylic oxidation sites excluding steroid dienone is 4. The van der Waals surface area contributed by atoms with Crippen LogP contribution < -0.4 is 4.72 Å². The Hall–Kier alpha value is -2.29. The summed E-state index contributed by atoms with van der Waals surface area (Å²) < 4.78 is 65.7. The van der Waals surface area contributed by atoms with Crippen LogP contribution in [-0.4, -0.2) is 25.2 Å². The molecule has 2 N–H and O–H groups in total. The van der Waals surface area contributed by atoms with Gasteiger partial charge in [-0.2, -0.15) is 13.2 Å². The molecule has 3 rings (SSSR count). The van der Waals surface area contributed by atoms with Crippen molar-refractivity contribution < 1.29 is 31.5 Å². The van der Waals surface area contributed by atoms with E-state index in [9.17, 15) is 26.4 Å². The molecule has 0 heterocycles. The van der Waals surface area contributed by atoms with Crippen LogP contribution in [-0.2, 0) is 27.4 Å². The molecule has 0 aromatic heterocycles. The highest BCUT2D eigenvalue weighted by atomic mass is 32.2. The fourth-order valence-corrected chi connectivity index (χ4v) is 5.45. The number of benzene rings is 1. The van der Waals surface area contributed by atoms with Gasteiger partial charge in [0.15, 0.2) is 0 Å². The minimum absolute atomic E-state index is 0.129. The molecule has 1 fully saturated rings. The molecule has 2 bridgehead atoms. The van der Waals surface area contributed by atoms with Gasteiger partial charge in [0.1, 0.15) is 0 Å². The summed E-state index contributed by atoms with van der Waals surface area (Å²) in [6.45, 7) is 0. The Morgan fingerprint density at radius 3 is 2.52 bits per heavy atom. The Balaban J connectivity index is 1.55. The standard InChI is InChI=1S/C22H26F3NO4S/c23-22(24,25)18-8-6-15(7-9-18)10-11-31(29,30)26-20-14-16-12-17(19(20)13-16)4-2-1-3-5-21(27)28/h2,4,6-9,16-17,26H,1,3,5,10-14H2,(H,27,28). The highest BCUT2D eigenvalue weighted by molar-refractivity contribution is 7.89. The zero-order valence-electron chi connectivity index (χ0n) is 17.0. The second kappa shape index (κ2) is 9.46. The molecule has 2 aliphatic carbocycles. The Kier molecular flexibility index (Phi) is 7.13. The maximum Gasteiger partial charge on any atom is 0.416 e. The number of hydrogen-bond donors (Lipinski definition) is 2. The van der Waals surface area contributed by atoms with Gasteiger partial charge in [-0.25, -0.2) is 8.42 Å². The topological polar surface area (TPSA) is 83.5 Å². The third-order valence-electron chi connectivity index (χ3n) is 5.77. The highest BCUT2D eigenvalue weighted by Crippen LogP contribution is 2.47. The first-order valence-electron chi connectivity index (χ1n) is 10.3. The lowest BCUT2D eigenvalue weighted by atomic mass is 9.93. The van der Waals surface area contributed by atoms with Crippen molar-refractivity contribution in [1.82, 2.24) is 4.72 Å². The summed E-state index contributed by atoms with van der Waals surface area (Å²) in [7, 11) is -3.61. The molecule has 0 amide bonds. The van der Waals surface area contributed by atoms with Gasteiger partial charge in [-0.3, -0.25) is 9.52 Å². The third-order valence-corrected chi connectivity index (χ3v) is 7.07. The molecule has 1 aromatic carbocycles. The van der Waals surface area contributed by atoms with Crippen LogP contribution in [0.15, 0.2) is 47.7 Å². The first-order valence-corrected chi connectivity index (χ1v) is 12.0. The molecule has 9 heteroatoms. The Labute approximate surface area is 180 Å². The lowest BCUT2D eigenvalue weighted by Gasteiger charge is -2.19. The largest absolute Gasteiger partial charge is 0.481 e. The number of carboxylic acids is 1. The zero-order valence-corrected chi connectivity index (χ0v) is 17.8. The number of alkyl halides is 3. The van der Waals surface area contributed by atoms with E-state index >= 15 is 0 Å². The summed E-state index contributed by atoms with van der Waals surface area (Å²) in [5.41, 5.74) is 1.61. The summed E-state index contributed by atoms with van der Waals surface area (Å²) in [6, 6.07) is 4.54. The fourth-order valence-electron chi connectivity index (χ4n) is 4.25. The van der Waals surface area contributed by atoms with Crippen molar-refractivity contribution in [2.24, 2.45) is 11.8 Å². The normalized spacial score (nSPS) is 21.3. The van der Waals surface area contributed by atoms with Gasteiger partial charge in [0.25, 0.3) is 0 Å². The molecular weight excluding hydrogens is 431 g/mol. The molecule has 2 aliphatic rings. The van der Waals surface area contributed by atoms with E-state index in [0.29, 0.717) is 30.7 Å². The van der Waals surface area contributed by atoms with Crippen molar-refractivity contribution in [2.45, 2.75) is 51.1 Å². The number of nitrogens with one attached hydrogen (secondary N) is 1. The fraction of sp³-hybridized carbons (Fsp3) is 0.500. The minimum atomic E-state index is -4.41. The molecule has 0 spiro atoms. The van der Waals surface area contributed by atoms with Gasteiger partial charge < -0.3 is 5.11 Å². The SMILES string of the molecule is O=C(O)CCCC=CC1CC2CC(NS(=O)(=O)CCc3ccc(C(F)(F)F)cc3)=C1C2. The highest BCUT2D eigenvalue weighted by Gasteiger charge is 2.37. The molecule has 5 nitrogen and oxygen atoms in total. The van der Waals surface area contributed by atoms with E-state index in [0.717, 1.165) is 36.2 Å². The number of carboxylic acid groups (broad SMARTS) is 1. The molecule has 1 saturated carbocycles. The molecule has 0 radical (unpaired) electrons. The van der Waals surface area contributed by atoms with Crippen LogP contribution in [0.1, 0.15) is 49.7 Å². The van der Waals surface area contributed by atoms with Crippen LogP contribution in [0, 0.1) is 11.8 Å². The molecule has 170 valence electrons. The monoisotopic (exact) mass is 457 g/mol. The average molecular weight is 458 g/mol. The van der Waals surface area contributed by atoms with E-state index in [4.69, 9.17) is 5.11 Å². The summed E-state index contributed by atoms with van der Waals surface area (Å²) in [4.78, 5) is 10.6. The van der Waals surface area contributed by atoms with E-state index in [1.54, 1.807) is 0 Å². The molecular formula is C22H26F3NO4S. The van der Waals surface area contributed by atoms with Crippen molar-refractivity contribution in [1.29, 1.82) is 0 Å². The van der Waals surface area contributed by atoms with Crippen molar-refractivity contribution in [3.05, 3.63) is 58.8 Å². The van der Waals surface area contributed by atoms with Crippen molar-refractivity contribution >= 4 is 16.0 Å². The molecule has 0 saturated heterocycles. The Bertz CT molecular complexity index is 965. The van der Waals surface area contributed by atoms with E-state index in [1.807, 2.05) is 12.2 Å². The maximum absolute atomic E-state index is 12.6. The van der Waals surface area contributed by atoms with E-state index in [-0.39, 0.29) is 24.5 Å².